The van der Waals surface area contributed by atoms with Gasteiger partial charge in [-0.3, -0.25) is 0 Å². The van der Waals surface area contributed by atoms with E-state index in [1.165, 1.54) is 17.3 Å². The summed E-state index contributed by atoms with van der Waals surface area (Å²) in [6.07, 6.45) is 1.92. The van der Waals surface area contributed by atoms with Crippen molar-refractivity contribution in [3.63, 3.8) is 0 Å². The Labute approximate surface area is 105 Å². The molecule has 5 heteroatoms. The van der Waals surface area contributed by atoms with Crippen LogP contribution in [0.5, 0.6) is 0 Å². The summed E-state index contributed by atoms with van der Waals surface area (Å²) in [6.45, 7) is 4.10. The van der Waals surface area contributed by atoms with Crippen molar-refractivity contribution in [3.05, 3.63) is 29.3 Å². The van der Waals surface area contributed by atoms with E-state index in [0.29, 0.717) is 11.0 Å². The van der Waals surface area contributed by atoms with Crippen molar-refractivity contribution in [1.82, 2.24) is 15.0 Å². The van der Waals surface area contributed by atoms with E-state index in [-0.39, 0.29) is 5.95 Å². The van der Waals surface area contributed by atoms with Gasteiger partial charge in [0.05, 0.1) is 0 Å². The van der Waals surface area contributed by atoms with Crippen molar-refractivity contribution in [3.8, 4) is 11.4 Å². The molecule has 0 spiro atoms. The Morgan fingerprint density at radius 3 is 2.53 bits per heavy atom. The van der Waals surface area contributed by atoms with Crippen LogP contribution in [0.15, 0.2) is 23.4 Å². The third-order valence-corrected chi connectivity index (χ3v) is 2.99. The van der Waals surface area contributed by atoms with Gasteiger partial charge in [0.1, 0.15) is 0 Å². The maximum atomic E-state index is 5.68. The standard InChI is InChI=1S/C12H14N4S/c1-7-4-5-9(8(2)6-7)10-14-11(13)16-12(15-10)17-3/h4-6H,1-3H3,(H2,13,14,15,16). The fraction of sp³-hybridized carbons (Fsp3) is 0.250. The SMILES string of the molecule is CSc1nc(N)nc(-c2ccc(C)cc2C)n1. The Bertz CT molecular complexity index is 554. The normalized spacial score (nSPS) is 10.5. The third-order valence-electron chi connectivity index (χ3n) is 2.44. The summed E-state index contributed by atoms with van der Waals surface area (Å²) in [7, 11) is 0. The molecule has 0 aliphatic heterocycles. The molecule has 0 aliphatic carbocycles. The highest BCUT2D eigenvalue weighted by Gasteiger charge is 2.08. The summed E-state index contributed by atoms with van der Waals surface area (Å²) in [6, 6.07) is 6.17. The first kappa shape index (κ1) is 11.9. The van der Waals surface area contributed by atoms with Crippen molar-refractivity contribution < 1.29 is 0 Å². The van der Waals surface area contributed by atoms with Crippen molar-refractivity contribution in [2.24, 2.45) is 0 Å². The maximum Gasteiger partial charge on any atom is 0.224 e. The molecular weight excluding hydrogens is 232 g/mol. The van der Waals surface area contributed by atoms with Crippen LogP contribution in [0.3, 0.4) is 0 Å². The summed E-state index contributed by atoms with van der Waals surface area (Å²) >= 11 is 1.46. The van der Waals surface area contributed by atoms with E-state index >= 15 is 0 Å². The molecule has 0 fully saturated rings. The van der Waals surface area contributed by atoms with Crippen LogP contribution >= 0.6 is 11.8 Å². The molecule has 0 saturated heterocycles. The summed E-state index contributed by atoms with van der Waals surface area (Å²) in [5.74, 6) is 0.902. The number of hydrogen-bond donors (Lipinski definition) is 1. The number of nitrogens with two attached hydrogens (primary N) is 1. The highest BCUT2D eigenvalue weighted by atomic mass is 32.2. The lowest BCUT2D eigenvalue weighted by molar-refractivity contribution is 0.926. The maximum absolute atomic E-state index is 5.68. The summed E-state index contributed by atoms with van der Waals surface area (Å²) in [5.41, 5.74) is 9.04. The van der Waals surface area contributed by atoms with Gasteiger partial charge < -0.3 is 5.73 Å². The minimum absolute atomic E-state index is 0.263. The van der Waals surface area contributed by atoms with Gasteiger partial charge in [0, 0.05) is 5.56 Å². The summed E-state index contributed by atoms with van der Waals surface area (Å²) in [5, 5.41) is 0.646. The second kappa shape index (κ2) is 4.71. The molecule has 17 heavy (non-hydrogen) atoms. The van der Waals surface area contributed by atoms with E-state index in [9.17, 15) is 0 Å². The van der Waals surface area contributed by atoms with Crippen molar-refractivity contribution >= 4 is 17.7 Å². The number of thioether (sulfide) groups is 1. The van der Waals surface area contributed by atoms with Crippen LogP contribution in [0.2, 0.25) is 0 Å². The summed E-state index contributed by atoms with van der Waals surface area (Å²) < 4.78 is 0. The van der Waals surface area contributed by atoms with Gasteiger partial charge in [0.2, 0.25) is 5.95 Å². The number of nitrogen functional groups attached to an aromatic ring is 1. The lowest BCUT2D eigenvalue weighted by Gasteiger charge is -2.07. The molecule has 2 rings (SSSR count). The first-order valence-electron chi connectivity index (χ1n) is 5.23. The van der Waals surface area contributed by atoms with Crippen molar-refractivity contribution in [2.45, 2.75) is 19.0 Å². The van der Waals surface area contributed by atoms with Crippen LogP contribution in [0, 0.1) is 13.8 Å². The molecule has 1 aromatic carbocycles. The zero-order valence-electron chi connectivity index (χ0n) is 10.1. The predicted molar refractivity (Wildman–Crippen MR) is 70.9 cm³/mol. The van der Waals surface area contributed by atoms with E-state index in [2.05, 4.69) is 27.9 Å². The molecule has 4 nitrogen and oxygen atoms in total. The zero-order valence-corrected chi connectivity index (χ0v) is 10.9. The lowest BCUT2D eigenvalue weighted by Crippen LogP contribution is -2.02. The molecule has 2 aromatic rings. The zero-order chi connectivity index (χ0) is 12.4. The largest absolute Gasteiger partial charge is 0.368 e. The van der Waals surface area contributed by atoms with Gasteiger partial charge in [-0.15, -0.1) is 0 Å². The van der Waals surface area contributed by atoms with E-state index in [1.807, 2.05) is 25.3 Å². The van der Waals surface area contributed by atoms with Crippen LogP contribution < -0.4 is 5.73 Å². The molecule has 0 atom stereocenters. The van der Waals surface area contributed by atoms with E-state index in [0.717, 1.165) is 11.1 Å². The number of aryl methyl sites for hydroxylation is 2. The average molecular weight is 246 g/mol. The van der Waals surface area contributed by atoms with Crippen LogP contribution in [0.1, 0.15) is 11.1 Å². The molecule has 0 bridgehead atoms. The van der Waals surface area contributed by atoms with Crippen molar-refractivity contribution in [1.29, 1.82) is 0 Å². The van der Waals surface area contributed by atoms with Gasteiger partial charge in [0.15, 0.2) is 11.0 Å². The third kappa shape index (κ3) is 2.55. The van der Waals surface area contributed by atoms with Gasteiger partial charge in [-0.2, -0.15) is 9.97 Å². The Hall–Kier alpha value is -1.62. The van der Waals surface area contributed by atoms with E-state index in [1.54, 1.807) is 0 Å². The molecule has 0 saturated carbocycles. The summed E-state index contributed by atoms with van der Waals surface area (Å²) in [4.78, 5) is 12.6. The van der Waals surface area contributed by atoms with Crippen LogP contribution in [0.4, 0.5) is 5.95 Å². The molecule has 0 unspecified atom stereocenters. The Kier molecular flexibility index (Phi) is 3.28. The monoisotopic (exact) mass is 246 g/mol. The Balaban J connectivity index is 2.55. The molecule has 0 aliphatic rings. The smallest absolute Gasteiger partial charge is 0.224 e. The molecule has 0 radical (unpaired) electrons. The van der Waals surface area contributed by atoms with Gasteiger partial charge >= 0.3 is 0 Å². The quantitative estimate of drug-likeness (QED) is 0.825. The van der Waals surface area contributed by atoms with Crippen LogP contribution in [-0.4, -0.2) is 21.2 Å². The molecule has 0 amide bonds. The first-order chi connectivity index (χ1) is 8.10. The minimum atomic E-state index is 0.263. The van der Waals surface area contributed by atoms with Gasteiger partial charge in [-0.05, 0) is 25.7 Å². The molecule has 2 N–H and O–H groups in total. The predicted octanol–water partition coefficient (Wildman–Crippen LogP) is 2.46. The van der Waals surface area contributed by atoms with Crippen molar-refractivity contribution in [2.75, 3.05) is 12.0 Å². The number of hydrogen-bond acceptors (Lipinski definition) is 5. The van der Waals surface area contributed by atoms with Gasteiger partial charge in [-0.1, -0.05) is 35.5 Å². The highest BCUT2D eigenvalue weighted by molar-refractivity contribution is 7.98. The molecule has 1 heterocycles. The van der Waals surface area contributed by atoms with E-state index in [4.69, 9.17) is 5.73 Å². The first-order valence-corrected chi connectivity index (χ1v) is 6.46. The highest BCUT2D eigenvalue weighted by Crippen LogP contribution is 2.22. The number of aromatic nitrogens is 3. The number of benzene rings is 1. The Morgan fingerprint density at radius 1 is 1.12 bits per heavy atom. The number of nitrogens with zero attached hydrogens (tertiary/aromatic N) is 3. The fourth-order valence-corrected chi connectivity index (χ4v) is 2.01. The number of rotatable bonds is 2. The second-order valence-electron chi connectivity index (χ2n) is 3.82. The van der Waals surface area contributed by atoms with Crippen LogP contribution in [-0.2, 0) is 0 Å². The number of anilines is 1. The van der Waals surface area contributed by atoms with E-state index < -0.39 is 0 Å². The Morgan fingerprint density at radius 2 is 1.88 bits per heavy atom. The lowest BCUT2D eigenvalue weighted by atomic mass is 10.1. The van der Waals surface area contributed by atoms with Gasteiger partial charge in [-0.25, -0.2) is 4.98 Å². The molecular formula is C12H14N4S. The second-order valence-corrected chi connectivity index (χ2v) is 4.60. The van der Waals surface area contributed by atoms with Crippen LogP contribution in [0.25, 0.3) is 11.4 Å². The minimum Gasteiger partial charge on any atom is -0.368 e. The average Bonchev–Trinajstić information content (AvgIpc) is 2.28. The fourth-order valence-electron chi connectivity index (χ4n) is 1.65. The molecule has 1 aromatic heterocycles. The van der Waals surface area contributed by atoms with Gasteiger partial charge in [0.25, 0.3) is 0 Å². The molecule has 88 valence electrons. The topological polar surface area (TPSA) is 64.7 Å².